The van der Waals surface area contributed by atoms with Gasteiger partial charge in [0, 0.05) is 33.3 Å². The second kappa shape index (κ2) is 9.22. The third kappa shape index (κ3) is 5.19. The van der Waals surface area contributed by atoms with Crippen molar-refractivity contribution in [2.75, 3.05) is 39.9 Å². The van der Waals surface area contributed by atoms with Gasteiger partial charge in [-0.1, -0.05) is 12.1 Å². The summed E-state index contributed by atoms with van der Waals surface area (Å²) in [5, 5.41) is 5.52. The van der Waals surface area contributed by atoms with Gasteiger partial charge < -0.3 is 20.3 Å². The fourth-order valence-corrected chi connectivity index (χ4v) is 2.71. The van der Waals surface area contributed by atoms with Gasteiger partial charge in [0.05, 0.1) is 12.2 Å². The molecule has 6 nitrogen and oxygen atoms in total. The summed E-state index contributed by atoms with van der Waals surface area (Å²) in [7, 11) is 1.58. The SMILES string of the molecule is COCCNC(=O)NCC1CCN(C(=O)c2ccccc2F)CC1. The van der Waals surface area contributed by atoms with Crippen molar-refractivity contribution in [3.63, 3.8) is 0 Å². The minimum Gasteiger partial charge on any atom is -0.383 e. The predicted octanol–water partition coefficient (Wildman–Crippen LogP) is 1.62. The lowest BCUT2D eigenvalue weighted by atomic mass is 9.96. The number of carbonyl (C=O) groups excluding carboxylic acids is 2. The first-order valence-corrected chi connectivity index (χ1v) is 8.16. The number of urea groups is 1. The van der Waals surface area contributed by atoms with Crippen molar-refractivity contribution < 1.29 is 18.7 Å². The average molecular weight is 337 g/mol. The van der Waals surface area contributed by atoms with Crippen molar-refractivity contribution in [1.29, 1.82) is 0 Å². The standard InChI is InChI=1S/C17H24FN3O3/c1-24-11-8-19-17(23)20-12-13-6-9-21(10-7-13)16(22)14-4-2-3-5-15(14)18/h2-5,13H,6-12H2,1H3,(H2,19,20,23). The fraction of sp³-hybridized carbons (Fsp3) is 0.529. The third-order valence-corrected chi connectivity index (χ3v) is 4.15. The van der Waals surface area contributed by atoms with Crippen molar-refractivity contribution in [2.45, 2.75) is 12.8 Å². The Morgan fingerprint density at radius 1 is 1.25 bits per heavy atom. The van der Waals surface area contributed by atoms with Gasteiger partial charge >= 0.3 is 6.03 Å². The average Bonchev–Trinajstić information content (AvgIpc) is 2.60. The molecular formula is C17H24FN3O3. The van der Waals surface area contributed by atoms with Crippen molar-refractivity contribution in [3.05, 3.63) is 35.6 Å². The number of likely N-dealkylation sites (tertiary alicyclic amines) is 1. The number of halogens is 1. The molecule has 1 aliphatic heterocycles. The molecule has 1 fully saturated rings. The van der Waals surface area contributed by atoms with Crippen molar-refractivity contribution in [2.24, 2.45) is 5.92 Å². The second-order valence-corrected chi connectivity index (χ2v) is 5.85. The van der Waals surface area contributed by atoms with Crippen LogP contribution in [0.5, 0.6) is 0 Å². The van der Waals surface area contributed by atoms with Crippen molar-refractivity contribution >= 4 is 11.9 Å². The number of hydrogen-bond acceptors (Lipinski definition) is 3. The van der Waals surface area contributed by atoms with Crippen LogP contribution >= 0.6 is 0 Å². The number of methoxy groups -OCH3 is 1. The number of hydrogen-bond donors (Lipinski definition) is 2. The molecule has 0 unspecified atom stereocenters. The van der Waals surface area contributed by atoms with Gasteiger partial charge in [-0.05, 0) is 30.9 Å². The van der Waals surface area contributed by atoms with Gasteiger partial charge in [0.2, 0.25) is 0 Å². The molecule has 1 aromatic rings. The van der Waals surface area contributed by atoms with Gasteiger partial charge in [-0.25, -0.2) is 9.18 Å². The van der Waals surface area contributed by atoms with E-state index in [1.165, 1.54) is 12.1 Å². The van der Waals surface area contributed by atoms with Crippen LogP contribution in [-0.4, -0.2) is 56.7 Å². The summed E-state index contributed by atoms with van der Waals surface area (Å²) < 4.78 is 18.6. The molecule has 0 radical (unpaired) electrons. The summed E-state index contributed by atoms with van der Waals surface area (Å²) in [6.07, 6.45) is 1.58. The highest BCUT2D eigenvalue weighted by molar-refractivity contribution is 5.94. The van der Waals surface area contributed by atoms with E-state index in [-0.39, 0.29) is 17.5 Å². The van der Waals surface area contributed by atoms with Crippen molar-refractivity contribution in [1.82, 2.24) is 15.5 Å². The van der Waals surface area contributed by atoms with Crippen LogP contribution < -0.4 is 10.6 Å². The van der Waals surface area contributed by atoms with Gasteiger partial charge in [-0.2, -0.15) is 0 Å². The monoisotopic (exact) mass is 337 g/mol. The highest BCUT2D eigenvalue weighted by atomic mass is 19.1. The number of carbonyl (C=O) groups is 2. The summed E-state index contributed by atoms with van der Waals surface area (Å²) in [4.78, 5) is 25.6. The Balaban J connectivity index is 1.72. The van der Waals surface area contributed by atoms with Gasteiger partial charge in [-0.3, -0.25) is 4.79 Å². The van der Waals surface area contributed by atoms with Crippen molar-refractivity contribution in [3.8, 4) is 0 Å². The van der Waals surface area contributed by atoms with Gasteiger partial charge in [0.25, 0.3) is 5.91 Å². The lowest BCUT2D eigenvalue weighted by Gasteiger charge is -2.32. The normalized spacial score (nSPS) is 15.2. The Bertz CT molecular complexity index is 560. The van der Waals surface area contributed by atoms with Crippen LogP contribution in [-0.2, 0) is 4.74 Å². The van der Waals surface area contributed by atoms with Crippen LogP contribution in [0.4, 0.5) is 9.18 Å². The molecule has 1 aliphatic rings. The largest absolute Gasteiger partial charge is 0.383 e. The van der Waals surface area contributed by atoms with Crippen LogP contribution in [0.1, 0.15) is 23.2 Å². The van der Waals surface area contributed by atoms with Gasteiger partial charge in [0.15, 0.2) is 0 Å². The topological polar surface area (TPSA) is 70.7 Å². The molecule has 0 atom stereocenters. The van der Waals surface area contributed by atoms with E-state index in [1.54, 1.807) is 24.1 Å². The zero-order valence-electron chi connectivity index (χ0n) is 13.9. The van der Waals surface area contributed by atoms with E-state index in [4.69, 9.17) is 4.74 Å². The van der Waals surface area contributed by atoms with E-state index in [1.807, 2.05) is 0 Å². The summed E-state index contributed by atoms with van der Waals surface area (Å²) >= 11 is 0. The molecule has 0 aliphatic carbocycles. The molecule has 1 saturated heterocycles. The number of nitrogens with zero attached hydrogens (tertiary/aromatic N) is 1. The highest BCUT2D eigenvalue weighted by Gasteiger charge is 2.25. The van der Waals surface area contributed by atoms with Crippen LogP contribution in [0, 0.1) is 11.7 Å². The summed E-state index contributed by atoms with van der Waals surface area (Å²) in [5.41, 5.74) is 0.117. The molecular weight excluding hydrogens is 313 g/mol. The van der Waals surface area contributed by atoms with E-state index in [0.717, 1.165) is 12.8 Å². The molecule has 2 N–H and O–H groups in total. The molecule has 1 heterocycles. The number of ether oxygens (including phenoxy) is 1. The van der Waals surface area contributed by atoms with E-state index in [9.17, 15) is 14.0 Å². The molecule has 0 saturated carbocycles. The van der Waals surface area contributed by atoms with E-state index < -0.39 is 5.82 Å². The molecule has 0 bridgehead atoms. The summed E-state index contributed by atoms with van der Waals surface area (Å²) in [5.74, 6) is -0.432. The van der Waals surface area contributed by atoms with E-state index in [2.05, 4.69) is 10.6 Å². The lowest BCUT2D eigenvalue weighted by Crippen LogP contribution is -2.44. The Morgan fingerprint density at radius 2 is 1.96 bits per heavy atom. The Labute approximate surface area is 141 Å². The van der Waals surface area contributed by atoms with Crippen LogP contribution in [0.25, 0.3) is 0 Å². The maximum atomic E-state index is 13.7. The number of rotatable bonds is 6. The minimum atomic E-state index is -0.487. The zero-order valence-corrected chi connectivity index (χ0v) is 13.9. The minimum absolute atomic E-state index is 0.117. The molecule has 3 amide bonds. The lowest BCUT2D eigenvalue weighted by molar-refractivity contribution is 0.0686. The summed E-state index contributed by atoms with van der Waals surface area (Å²) in [6, 6.07) is 5.83. The van der Waals surface area contributed by atoms with E-state index in [0.29, 0.717) is 38.7 Å². The maximum Gasteiger partial charge on any atom is 0.314 e. The number of piperidine rings is 1. The van der Waals surface area contributed by atoms with E-state index >= 15 is 0 Å². The van der Waals surface area contributed by atoms with Crippen LogP contribution in [0.15, 0.2) is 24.3 Å². The Hall–Kier alpha value is -2.15. The number of benzene rings is 1. The molecule has 7 heteroatoms. The smallest absolute Gasteiger partial charge is 0.314 e. The molecule has 0 spiro atoms. The quantitative estimate of drug-likeness (QED) is 0.775. The fourth-order valence-electron chi connectivity index (χ4n) is 2.71. The van der Waals surface area contributed by atoms with Crippen LogP contribution in [0.2, 0.25) is 0 Å². The maximum absolute atomic E-state index is 13.7. The first kappa shape index (κ1) is 18.2. The molecule has 0 aromatic heterocycles. The Morgan fingerprint density at radius 3 is 2.62 bits per heavy atom. The van der Waals surface area contributed by atoms with Crippen LogP contribution in [0.3, 0.4) is 0 Å². The third-order valence-electron chi connectivity index (χ3n) is 4.15. The first-order valence-electron chi connectivity index (χ1n) is 8.16. The first-order chi connectivity index (χ1) is 11.6. The highest BCUT2D eigenvalue weighted by Crippen LogP contribution is 2.19. The molecule has 1 aromatic carbocycles. The van der Waals surface area contributed by atoms with Gasteiger partial charge in [0.1, 0.15) is 5.82 Å². The Kier molecular flexibility index (Phi) is 6.99. The molecule has 132 valence electrons. The zero-order chi connectivity index (χ0) is 17.4. The predicted molar refractivity (Wildman–Crippen MR) is 88.3 cm³/mol. The molecule has 2 rings (SSSR count). The molecule has 24 heavy (non-hydrogen) atoms. The van der Waals surface area contributed by atoms with Gasteiger partial charge in [-0.15, -0.1) is 0 Å². The second-order valence-electron chi connectivity index (χ2n) is 5.85. The summed E-state index contributed by atoms with van der Waals surface area (Å²) in [6.45, 7) is 2.66. The number of nitrogens with one attached hydrogen (secondary N) is 2. The number of amides is 3.